The van der Waals surface area contributed by atoms with Gasteiger partial charge < -0.3 is 4.90 Å². The van der Waals surface area contributed by atoms with E-state index in [2.05, 4.69) is 68.3 Å². The first-order valence-electron chi connectivity index (χ1n) is 6.28. The van der Waals surface area contributed by atoms with E-state index in [0.717, 1.165) is 16.8 Å². The zero-order valence-electron chi connectivity index (χ0n) is 10.1. The topological polar surface area (TPSA) is 16.1 Å². The number of rotatable bonds is 2. The number of aromatic nitrogens is 1. The molecular weight excluding hydrogens is 288 g/mol. The van der Waals surface area contributed by atoms with Gasteiger partial charge in [0.2, 0.25) is 0 Å². The molecule has 0 saturated carbocycles. The highest BCUT2D eigenvalue weighted by Gasteiger charge is 2.26. The summed E-state index contributed by atoms with van der Waals surface area (Å²) in [6.07, 6.45) is 4.31. The summed E-state index contributed by atoms with van der Waals surface area (Å²) >= 11 is 3.43. The molecule has 1 unspecified atom stereocenters. The van der Waals surface area contributed by atoms with Crippen molar-refractivity contribution in [3.8, 4) is 0 Å². The monoisotopic (exact) mass is 302 g/mol. The zero-order chi connectivity index (χ0) is 12.4. The minimum absolute atomic E-state index is 0.472. The van der Waals surface area contributed by atoms with Crippen molar-refractivity contribution in [2.24, 2.45) is 0 Å². The van der Waals surface area contributed by atoms with Gasteiger partial charge in [-0.05, 0) is 46.5 Å². The van der Waals surface area contributed by atoms with E-state index in [4.69, 9.17) is 0 Å². The maximum absolute atomic E-state index is 4.52. The number of benzene rings is 1. The summed E-state index contributed by atoms with van der Waals surface area (Å²) in [6.45, 7) is 1.09. The first-order valence-corrected chi connectivity index (χ1v) is 7.07. The molecule has 1 aliphatic heterocycles. The molecule has 1 aromatic heterocycles. The van der Waals surface area contributed by atoms with E-state index in [-0.39, 0.29) is 0 Å². The van der Waals surface area contributed by atoms with Gasteiger partial charge in [0.15, 0.2) is 0 Å². The summed E-state index contributed by atoms with van der Waals surface area (Å²) < 4.78 is 1.03. The summed E-state index contributed by atoms with van der Waals surface area (Å²) in [6, 6.07) is 15.3. The molecule has 1 aliphatic rings. The Bertz CT molecular complexity index is 510. The van der Waals surface area contributed by atoms with Crippen LogP contribution in [0.25, 0.3) is 0 Å². The molecule has 0 spiro atoms. The van der Waals surface area contributed by atoms with Crippen molar-refractivity contribution in [2.75, 3.05) is 11.4 Å². The van der Waals surface area contributed by atoms with Gasteiger partial charge in [-0.2, -0.15) is 0 Å². The number of pyridine rings is 1. The SMILES string of the molecule is Brc1ccc(N2CCCC2c2ccccc2)nc1. The molecule has 1 saturated heterocycles. The predicted molar refractivity (Wildman–Crippen MR) is 77.7 cm³/mol. The van der Waals surface area contributed by atoms with Crippen molar-refractivity contribution in [1.82, 2.24) is 4.98 Å². The highest BCUT2D eigenvalue weighted by Crippen LogP contribution is 2.35. The molecule has 0 N–H and O–H groups in total. The van der Waals surface area contributed by atoms with Gasteiger partial charge in [0.1, 0.15) is 5.82 Å². The Kier molecular flexibility index (Phi) is 3.33. The van der Waals surface area contributed by atoms with Crippen LogP contribution in [0.2, 0.25) is 0 Å². The van der Waals surface area contributed by atoms with Gasteiger partial charge in [0.05, 0.1) is 6.04 Å². The van der Waals surface area contributed by atoms with Crippen molar-refractivity contribution in [3.63, 3.8) is 0 Å². The fourth-order valence-electron chi connectivity index (χ4n) is 2.60. The Morgan fingerprint density at radius 1 is 1.11 bits per heavy atom. The Hall–Kier alpha value is -1.35. The number of hydrogen-bond acceptors (Lipinski definition) is 2. The zero-order valence-corrected chi connectivity index (χ0v) is 11.7. The molecule has 2 heterocycles. The number of hydrogen-bond donors (Lipinski definition) is 0. The molecule has 1 fully saturated rings. The van der Waals surface area contributed by atoms with E-state index in [9.17, 15) is 0 Å². The smallest absolute Gasteiger partial charge is 0.129 e. The van der Waals surface area contributed by atoms with Crippen LogP contribution in [0.15, 0.2) is 53.1 Å². The van der Waals surface area contributed by atoms with Crippen LogP contribution in [0, 0.1) is 0 Å². The maximum atomic E-state index is 4.52. The van der Waals surface area contributed by atoms with Crippen LogP contribution in [0.4, 0.5) is 5.82 Å². The van der Waals surface area contributed by atoms with E-state index >= 15 is 0 Å². The largest absolute Gasteiger partial charge is 0.350 e. The predicted octanol–water partition coefficient (Wildman–Crippen LogP) is 4.19. The quantitative estimate of drug-likeness (QED) is 0.827. The van der Waals surface area contributed by atoms with E-state index in [0.29, 0.717) is 6.04 Å². The van der Waals surface area contributed by atoms with Crippen LogP contribution in [-0.2, 0) is 0 Å². The van der Waals surface area contributed by atoms with E-state index in [1.54, 1.807) is 0 Å². The molecule has 3 rings (SSSR count). The molecule has 18 heavy (non-hydrogen) atoms. The summed E-state index contributed by atoms with van der Waals surface area (Å²) in [5, 5.41) is 0. The number of nitrogens with zero attached hydrogens (tertiary/aromatic N) is 2. The summed E-state index contributed by atoms with van der Waals surface area (Å²) in [4.78, 5) is 6.92. The standard InChI is InChI=1S/C15H15BrN2/c16-13-8-9-15(17-11-13)18-10-4-7-14(18)12-5-2-1-3-6-12/h1-3,5-6,8-9,11,14H,4,7,10H2. The normalized spacial score (nSPS) is 19.2. The average Bonchev–Trinajstić information content (AvgIpc) is 2.90. The molecule has 0 amide bonds. The third kappa shape index (κ3) is 2.27. The molecule has 0 bridgehead atoms. The first-order chi connectivity index (χ1) is 8.84. The Morgan fingerprint density at radius 2 is 1.94 bits per heavy atom. The van der Waals surface area contributed by atoms with Crippen LogP contribution in [0.5, 0.6) is 0 Å². The molecular formula is C15H15BrN2. The van der Waals surface area contributed by atoms with E-state index < -0.39 is 0 Å². The second-order valence-corrected chi connectivity index (χ2v) is 5.51. The van der Waals surface area contributed by atoms with Gasteiger partial charge in [-0.3, -0.25) is 0 Å². The number of anilines is 1. The Labute approximate surface area is 116 Å². The lowest BCUT2D eigenvalue weighted by Crippen LogP contribution is -2.23. The first kappa shape index (κ1) is 11.7. The van der Waals surface area contributed by atoms with Crippen LogP contribution in [-0.4, -0.2) is 11.5 Å². The molecule has 2 aromatic rings. The lowest BCUT2D eigenvalue weighted by atomic mass is 10.0. The van der Waals surface area contributed by atoms with Crippen molar-refractivity contribution in [3.05, 3.63) is 58.7 Å². The van der Waals surface area contributed by atoms with Crippen molar-refractivity contribution < 1.29 is 0 Å². The molecule has 0 radical (unpaired) electrons. The van der Waals surface area contributed by atoms with Crippen LogP contribution >= 0.6 is 15.9 Å². The van der Waals surface area contributed by atoms with Crippen LogP contribution < -0.4 is 4.90 Å². The minimum Gasteiger partial charge on any atom is -0.350 e. The molecule has 2 nitrogen and oxygen atoms in total. The van der Waals surface area contributed by atoms with Gasteiger partial charge in [0, 0.05) is 17.2 Å². The van der Waals surface area contributed by atoms with Crippen molar-refractivity contribution in [2.45, 2.75) is 18.9 Å². The molecule has 1 aromatic carbocycles. The Morgan fingerprint density at radius 3 is 2.67 bits per heavy atom. The highest BCUT2D eigenvalue weighted by molar-refractivity contribution is 9.10. The minimum atomic E-state index is 0.472. The number of halogens is 1. The van der Waals surface area contributed by atoms with Gasteiger partial charge in [-0.15, -0.1) is 0 Å². The second kappa shape index (κ2) is 5.11. The summed E-state index contributed by atoms with van der Waals surface area (Å²) in [5.41, 5.74) is 1.39. The molecule has 92 valence electrons. The van der Waals surface area contributed by atoms with Crippen molar-refractivity contribution in [1.29, 1.82) is 0 Å². The second-order valence-electron chi connectivity index (χ2n) is 4.60. The third-order valence-electron chi connectivity index (χ3n) is 3.44. The van der Waals surface area contributed by atoms with Crippen LogP contribution in [0.3, 0.4) is 0 Å². The molecule has 1 atom stereocenters. The Balaban J connectivity index is 1.90. The third-order valence-corrected chi connectivity index (χ3v) is 3.91. The van der Waals surface area contributed by atoms with Crippen molar-refractivity contribution >= 4 is 21.7 Å². The van der Waals surface area contributed by atoms with Gasteiger partial charge in [-0.25, -0.2) is 4.98 Å². The molecule has 0 aliphatic carbocycles. The van der Waals surface area contributed by atoms with Gasteiger partial charge >= 0.3 is 0 Å². The lowest BCUT2D eigenvalue weighted by molar-refractivity contribution is 0.711. The fourth-order valence-corrected chi connectivity index (χ4v) is 2.84. The van der Waals surface area contributed by atoms with E-state index in [1.807, 2.05) is 6.20 Å². The fraction of sp³-hybridized carbons (Fsp3) is 0.267. The molecule has 3 heteroatoms. The van der Waals surface area contributed by atoms with Gasteiger partial charge in [-0.1, -0.05) is 30.3 Å². The summed E-state index contributed by atoms with van der Waals surface area (Å²) in [5.74, 6) is 1.07. The van der Waals surface area contributed by atoms with Crippen LogP contribution in [0.1, 0.15) is 24.4 Å². The van der Waals surface area contributed by atoms with E-state index in [1.165, 1.54) is 18.4 Å². The van der Waals surface area contributed by atoms with Gasteiger partial charge in [0.25, 0.3) is 0 Å². The maximum Gasteiger partial charge on any atom is 0.129 e. The lowest BCUT2D eigenvalue weighted by Gasteiger charge is -2.26. The average molecular weight is 303 g/mol. The summed E-state index contributed by atoms with van der Waals surface area (Å²) in [7, 11) is 0. The highest BCUT2D eigenvalue weighted by atomic mass is 79.9.